The van der Waals surface area contributed by atoms with Gasteiger partial charge < -0.3 is 5.32 Å². The summed E-state index contributed by atoms with van der Waals surface area (Å²) in [6.07, 6.45) is 5.44. The number of hydrogen-bond acceptors (Lipinski definition) is 2. The maximum atomic E-state index is 3.48. The first-order chi connectivity index (χ1) is 7.22. The molecule has 0 amide bonds. The fourth-order valence-electron chi connectivity index (χ4n) is 2.74. The van der Waals surface area contributed by atoms with E-state index in [-0.39, 0.29) is 0 Å². The highest BCUT2D eigenvalue weighted by Gasteiger charge is 2.30. The van der Waals surface area contributed by atoms with Crippen LogP contribution in [0.25, 0.3) is 0 Å². The molecule has 0 aromatic heterocycles. The van der Waals surface area contributed by atoms with E-state index in [2.05, 4.69) is 38.0 Å². The van der Waals surface area contributed by atoms with Gasteiger partial charge in [-0.05, 0) is 32.4 Å². The largest absolute Gasteiger partial charge is 0.315 e. The molecule has 90 valence electrons. The lowest BCUT2D eigenvalue weighted by Gasteiger charge is -2.33. The third kappa shape index (κ3) is 3.46. The Morgan fingerprint density at radius 1 is 1.33 bits per heavy atom. The first kappa shape index (κ1) is 13.0. The molecule has 2 heteroatoms. The molecule has 0 spiro atoms. The summed E-state index contributed by atoms with van der Waals surface area (Å²) < 4.78 is 0. The zero-order valence-electron chi connectivity index (χ0n) is 10.9. The van der Waals surface area contributed by atoms with E-state index in [0.717, 1.165) is 18.0 Å². The number of nitrogens with zero attached hydrogens (tertiary/aromatic N) is 1. The third-order valence-corrected chi connectivity index (χ3v) is 3.97. The van der Waals surface area contributed by atoms with Crippen LogP contribution in [0, 0.1) is 5.92 Å². The third-order valence-electron chi connectivity index (χ3n) is 3.97. The van der Waals surface area contributed by atoms with Gasteiger partial charge in [0.1, 0.15) is 0 Å². The van der Waals surface area contributed by atoms with Crippen LogP contribution in [0.5, 0.6) is 0 Å². The molecule has 1 fully saturated rings. The van der Waals surface area contributed by atoms with Gasteiger partial charge in [-0.2, -0.15) is 0 Å². The fraction of sp³-hybridized carbons (Fsp3) is 1.00. The molecule has 0 aromatic rings. The minimum Gasteiger partial charge on any atom is -0.315 e. The van der Waals surface area contributed by atoms with Crippen molar-refractivity contribution in [1.82, 2.24) is 10.2 Å². The molecule has 0 aromatic carbocycles. The number of hydrogen-bond donors (Lipinski definition) is 1. The Balaban J connectivity index is 2.49. The van der Waals surface area contributed by atoms with Crippen LogP contribution in [-0.4, -0.2) is 37.1 Å². The molecule has 1 rings (SSSR count). The molecule has 1 aliphatic carbocycles. The van der Waals surface area contributed by atoms with E-state index >= 15 is 0 Å². The van der Waals surface area contributed by atoms with E-state index in [0.29, 0.717) is 0 Å². The predicted octanol–water partition coefficient (Wildman–Crippen LogP) is 2.49. The Morgan fingerprint density at radius 3 is 2.60 bits per heavy atom. The molecule has 0 heterocycles. The Hall–Kier alpha value is -0.0800. The van der Waals surface area contributed by atoms with Gasteiger partial charge in [0.15, 0.2) is 0 Å². The zero-order valence-corrected chi connectivity index (χ0v) is 10.9. The summed E-state index contributed by atoms with van der Waals surface area (Å²) in [4.78, 5) is 2.68. The summed E-state index contributed by atoms with van der Waals surface area (Å²) in [5.41, 5.74) is 0. The number of likely N-dealkylation sites (N-methyl/N-ethyl adjacent to an activating group) is 2. The Kier molecular flexibility index (Phi) is 5.62. The van der Waals surface area contributed by atoms with Gasteiger partial charge in [-0.3, -0.25) is 4.90 Å². The molecule has 0 bridgehead atoms. The molecule has 15 heavy (non-hydrogen) atoms. The van der Waals surface area contributed by atoms with Crippen molar-refractivity contribution in [2.24, 2.45) is 5.92 Å². The lowest BCUT2D eigenvalue weighted by molar-refractivity contribution is 0.159. The quantitative estimate of drug-likeness (QED) is 0.728. The molecule has 3 unspecified atom stereocenters. The average molecular weight is 212 g/mol. The Labute approximate surface area is 95.4 Å². The van der Waals surface area contributed by atoms with Gasteiger partial charge in [0.05, 0.1) is 0 Å². The van der Waals surface area contributed by atoms with Crippen LogP contribution >= 0.6 is 0 Å². The van der Waals surface area contributed by atoms with Crippen LogP contribution in [0.1, 0.15) is 46.5 Å². The summed E-state index contributed by atoms with van der Waals surface area (Å²) in [7, 11) is 2.11. The summed E-state index contributed by atoms with van der Waals surface area (Å²) in [5, 5.41) is 3.48. The minimum absolute atomic E-state index is 0.731. The molecule has 1 N–H and O–H groups in total. The van der Waals surface area contributed by atoms with E-state index < -0.39 is 0 Å². The molecule has 1 saturated carbocycles. The van der Waals surface area contributed by atoms with Crippen molar-refractivity contribution in [2.45, 2.75) is 58.5 Å². The molecular weight excluding hydrogens is 184 g/mol. The molecular formula is C13H28N2. The second-order valence-electron chi connectivity index (χ2n) is 4.99. The summed E-state index contributed by atoms with van der Waals surface area (Å²) in [6.45, 7) is 9.44. The van der Waals surface area contributed by atoms with Crippen molar-refractivity contribution in [1.29, 1.82) is 0 Å². The van der Waals surface area contributed by atoms with Crippen molar-refractivity contribution >= 4 is 0 Å². The van der Waals surface area contributed by atoms with Gasteiger partial charge in [-0.15, -0.1) is 0 Å². The highest BCUT2D eigenvalue weighted by molar-refractivity contribution is 4.89. The van der Waals surface area contributed by atoms with Crippen molar-refractivity contribution in [3.05, 3.63) is 0 Å². The Bertz CT molecular complexity index is 170. The topological polar surface area (TPSA) is 15.3 Å². The average Bonchev–Trinajstić information content (AvgIpc) is 2.73. The molecule has 3 atom stereocenters. The van der Waals surface area contributed by atoms with Gasteiger partial charge in [-0.1, -0.05) is 33.6 Å². The number of nitrogens with one attached hydrogen (secondary N) is 1. The minimum atomic E-state index is 0.731. The lowest BCUT2D eigenvalue weighted by atomic mass is 10.1. The maximum absolute atomic E-state index is 3.48. The van der Waals surface area contributed by atoms with Crippen LogP contribution < -0.4 is 5.32 Å². The molecule has 0 saturated heterocycles. The van der Waals surface area contributed by atoms with Crippen LogP contribution in [0.3, 0.4) is 0 Å². The van der Waals surface area contributed by atoms with Gasteiger partial charge >= 0.3 is 0 Å². The van der Waals surface area contributed by atoms with Gasteiger partial charge in [0, 0.05) is 18.6 Å². The van der Waals surface area contributed by atoms with E-state index in [9.17, 15) is 0 Å². The van der Waals surface area contributed by atoms with Crippen molar-refractivity contribution in [3.63, 3.8) is 0 Å². The zero-order chi connectivity index (χ0) is 11.3. The number of rotatable bonds is 6. The van der Waals surface area contributed by atoms with E-state index in [1.807, 2.05) is 0 Å². The Morgan fingerprint density at radius 2 is 2.07 bits per heavy atom. The van der Waals surface area contributed by atoms with Crippen molar-refractivity contribution in [2.75, 3.05) is 20.1 Å². The van der Waals surface area contributed by atoms with Crippen LogP contribution in [0.4, 0.5) is 0 Å². The standard InChI is InChI=1S/C13H28N2/c1-5-11(3)10-15(6-2)13-9-7-8-12(13)14-4/h11-14H,5-10H2,1-4H3. The molecule has 2 nitrogen and oxygen atoms in total. The molecule has 0 aliphatic heterocycles. The first-order valence-electron chi connectivity index (χ1n) is 6.64. The molecule has 0 radical (unpaired) electrons. The smallest absolute Gasteiger partial charge is 0.0249 e. The van der Waals surface area contributed by atoms with Gasteiger partial charge in [0.25, 0.3) is 0 Å². The van der Waals surface area contributed by atoms with E-state index in [1.165, 1.54) is 38.8 Å². The highest BCUT2D eigenvalue weighted by Crippen LogP contribution is 2.24. The first-order valence-corrected chi connectivity index (χ1v) is 6.64. The van der Waals surface area contributed by atoms with Crippen LogP contribution in [0.2, 0.25) is 0 Å². The van der Waals surface area contributed by atoms with Crippen LogP contribution in [0.15, 0.2) is 0 Å². The maximum Gasteiger partial charge on any atom is 0.0249 e. The molecule has 1 aliphatic rings. The van der Waals surface area contributed by atoms with E-state index in [4.69, 9.17) is 0 Å². The fourth-order valence-corrected chi connectivity index (χ4v) is 2.74. The van der Waals surface area contributed by atoms with Crippen LogP contribution in [-0.2, 0) is 0 Å². The second-order valence-corrected chi connectivity index (χ2v) is 4.99. The van der Waals surface area contributed by atoms with Crippen molar-refractivity contribution < 1.29 is 0 Å². The normalized spacial score (nSPS) is 28.6. The monoisotopic (exact) mass is 212 g/mol. The van der Waals surface area contributed by atoms with Crippen molar-refractivity contribution in [3.8, 4) is 0 Å². The highest BCUT2D eigenvalue weighted by atomic mass is 15.2. The second kappa shape index (κ2) is 6.49. The SMILES string of the molecule is CCC(C)CN(CC)C1CCCC1NC. The van der Waals surface area contributed by atoms with E-state index in [1.54, 1.807) is 0 Å². The summed E-state index contributed by atoms with van der Waals surface area (Å²) >= 11 is 0. The summed E-state index contributed by atoms with van der Waals surface area (Å²) in [5.74, 6) is 0.836. The van der Waals surface area contributed by atoms with Gasteiger partial charge in [0.2, 0.25) is 0 Å². The summed E-state index contributed by atoms with van der Waals surface area (Å²) in [6, 6.07) is 1.52. The van der Waals surface area contributed by atoms with Gasteiger partial charge in [-0.25, -0.2) is 0 Å². The lowest BCUT2D eigenvalue weighted by Crippen LogP contribution is -2.47. The predicted molar refractivity (Wildman–Crippen MR) is 67.2 cm³/mol.